The van der Waals surface area contributed by atoms with Crippen molar-refractivity contribution in [3.63, 3.8) is 0 Å². The van der Waals surface area contributed by atoms with Crippen LogP contribution in [0.2, 0.25) is 0 Å². The average Bonchev–Trinajstić information content (AvgIpc) is 3.16. The van der Waals surface area contributed by atoms with E-state index in [1.54, 1.807) is 24.0 Å². The Labute approximate surface area is 140 Å². The Morgan fingerprint density at radius 1 is 1.21 bits per heavy atom. The molecule has 1 aromatic rings. The molecule has 0 spiro atoms. The first-order valence-corrected chi connectivity index (χ1v) is 8.26. The number of fused-ring (bicyclic) bond motifs is 3. The molecule has 3 heterocycles. The number of piperazine rings is 1. The molecule has 3 aliphatic rings. The predicted molar refractivity (Wildman–Crippen MR) is 87.7 cm³/mol. The third-order valence-corrected chi connectivity index (χ3v) is 5.25. The van der Waals surface area contributed by atoms with Crippen molar-refractivity contribution in [3.05, 3.63) is 17.7 Å². The van der Waals surface area contributed by atoms with E-state index in [9.17, 15) is 9.59 Å². The first-order chi connectivity index (χ1) is 11.6. The summed E-state index contributed by atoms with van der Waals surface area (Å²) in [6.07, 6.45) is 2.40. The molecule has 7 nitrogen and oxygen atoms in total. The number of carbonyl (C=O) groups is 2. The molecule has 3 amide bonds. The van der Waals surface area contributed by atoms with E-state index >= 15 is 0 Å². The van der Waals surface area contributed by atoms with Crippen molar-refractivity contribution in [2.75, 3.05) is 32.2 Å². The van der Waals surface area contributed by atoms with Crippen molar-refractivity contribution in [1.29, 1.82) is 0 Å². The van der Waals surface area contributed by atoms with Gasteiger partial charge in [0.05, 0.1) is 25.9 Å². The summed E-state index contributed by atoms with van der Waals surface area (Å²) in [5, 5.41) is 2.88. The molecule has 2 bridgehead atoms. The third kappa shape index (κ3) is 2.11. The van der Waals surface area contributed by atoms with Gasteiger partial charge in [0.25, 0.3) is 0 Å². The number of methoxy groups -OCH3 is 2. The zero-order chi connectivity index (χ0) is 16.8. The third-order valence-electron chi connectivity index (χ3n) is 5.25. The van der Waals surface area contributed by atoms with E-state index in [0.29, 0.717) is 24.6 Å². The molecule has 2 fully saturated rings. The lowest BCUT2D eigenvalue weighted by Crippen LogP contribution is -2.60. The average molecular weight is 331 g/mol. The molecule has 0 aliphatic carbocycles. The number of nitrogens with one attached hydrogen (secondary N) is 1. The van der Waals surface area contributed by atoms with Crippen LogP contribution >= 0.6 is 0 Å². The maximum Gasteiger partial charge on any atom is 0.325 e. The quantitative estimate of drug-likeness (QED) is 0.882. The Kier molecular flexibility index (Phi) is 3.51. The lowest BCUT2D eigenvalue weighted by molar-refractivity contribution is -0.127. The molecule has 2 unspecified atom stereocenters. The maximum atomic E-state index is 13.1. The summed E-state index contributed by atoms with van der Waals surface area (Å²) in [7, 11) is 3.19. The summed E-state index contributed by atoms with van der Waals surface area (Å²) in [4.78, 5) is 28.7. The van der Waals surface area contributed by atoms with Gasteiger partial charge in [0, 0.05) is 19.2 Å². The first-order valence-electron chi connectivity index (χ1n) is 8.26. The van der Waals surface area contributed by atoms with Gasteiger partial charge in [-0.15, -0.1) is 0 Å². The molecule has 4 rings (SSSR count). The highest BCUT2D eigenvalue weighted by atomic mass is 16.5. The summed E-state index contributed by atoms with van der Waals surface area (Å²) in [6.45, 7) is 1.16. The van der Waals surface area contributed by atoms with Crippen LogP contribution in [0.4, 0.5) is 10.5 Å². The number of urea groups is 1. The molecule has 2 atom stereocenters. The Hall–Kier alpha value is -2.44. The SMILES string of the molecule is COc1cc2c(cc1OC)N(C(=O)N1C3CCC1C(=O)NC3)CC2. The van der Waals surface area contributed by atoms with Gasteiger partial charge in [-0.25, -0.2) is 4.79 Å². The van der Waals surface area contributed by atoms with Crippen molar-refractivity contribution >= 4 is 17.6 Å². The number of hydrogen-bond donors (Lipinski definition) is 1. The molecule has 0 radical (unpaired) electrons. The normalized spacial score (nSPS) is 24.7. The lowest BCUT2D eigenvalue weighted by Gasteiger charge is -2.37. The van der Waals surface area contributed by atoms with Crippen molar-refractivity contribution < 1.29 is 19.1 Å². The van der Waals surface area contributed by atoms with Gasteiger partial charge >= 0.3 is 6.03 Å². The van der Waals surface area contributed by atoms with Crippen LogP contribution in [0.15, 0.2) is 12.1 Å². The highest BCUT2D eigenvalue weighted by Gasteiger charge is 2.46. The highest BCUT2D eigenvalue weighted by Crippen LogP contribution is 2.40. The van der Waals surface area contributed by atoms with Gasteiger partial charge in [-0.2, -0.15) is 0 Å². The fourth-order valence-electron chi connectivity index (χ4n) is 4.02. The minimum Gasteiger partial charge on any atom is -0.493 e. The van der Waals surface area contributed by atoms with Crippen molar-refractivity contribution in [2.45, 2.75) is 31.3 Å². The van der Waals surface area contributed by atoms with Gasteiger partial charge in [0.15, 0.2) is 11.5 Å². The van der Waals surface area contributed by atoms with Gasteiger partial charge in [-0.3, -0.25) is 9.69 Å². The first kappa shape index (κ1) is 15.1. The zero-order valence-corrected chi connectivity index (χ0v) is 13.9. The Bertz CT molecular complexity index is 705. The predicted octanol–water partition coefficient (Wildman–Crippen LogP) is 1.15. The van der Waals surface area contributed by atoms with E-state index in [4.69, 9.17) is 9.47 Å². The number of nitrogens with zero attached hydrogens (tertiary/aromatic N) is 2. The number of benzene rings is 1. The van der Waals surface area contributed by atoms with Gasteiger partial charge in [-0.1, -0.05) is 0 Å². The topological polar surface area (TPSA) is 71.1 Å². The van der Waals surface area contributed by atoms with Crippen LogP contribution in [0.3, 0.4) is 0 Å². The summed E-state index contributed by atoms with van der Waals surface area (Å²) >= 11 is 0. The van der Waals surface area contributed by atoms with E-state index in [0.717, 1.165) is 30.5 Å². The standard InChI is InChI=1S/C17H21N3O4/c1-23-14-7-10-5-6-19(13(10)8-15(14)24-2)17(22)20-11-3-4-12(20)16(21)18-9-11/h7-8,11-12H,3-6,9H2,1-2H3,(H,18,21). The highest BCUT2D eigenvalue weighted by molar-refractivity contribution is 5.99. The lowest BCUT2D eigenvalue weighted by atomic mass is 10.1. The van der Waals surface area contributed by atoms with Crippen LogP contribution in [0.1, 0.15) is 18.4 Å². The van der Waals surface area contributed by atoms with Crippen LogP contribution in [0, 0.1) is 0 Å². The second-order valence-electron chi connectivity index (χ2n) is 6.42. The number of ether oxygens (including phenoxy) is 2. The number of hydrogen-bond acceptors (Lipinski definition) is 4. The van der Waals surface area contributed by atoms with Crippen molar-refractivity contribution in [2.24, 2.45) is 0 Å². The van der Waals surface area contributed by atoms with Crippen molar-refractivity contribution in [1.82, 2.24) is 10.2 Å². The van der Waals surface area contributed by atoms with Crippen molar-refractivity contribution in [3.8, 4) is 11.5 Å². The molecular weight excluding hydrogens is 310 g/mol. The second-order valence-corrected chi connectivity index (χ2v) is 6.42. The smallest absolute Gasteiger partial charge is 0.325 e. The largest absolute Gasteiger partial charge is 0.493 e. The molecule has 0 aromatic heterocycles. The molecule has 128 valence electrons. The number of amides is 3. The summed E-state index contributed by atoms with van der Waals surface area (Å²) < 4.78 is 10.7. The van der Waals surface area contributed by atoms with Crippen LogP contribution in [0.25, 0.3) is 0 Å². The molecule has 24 heavy (non-hydrogen) atoms. The molecule has 2 saturated heterocycles. The molecule has 1 N–H and O–H groups in total. The van der Waals surface area contributed by atoms with Crippen LogP contribution in [0.5, 0.6) is 11.5 Å². The van der Waals surface area contributed by atoms with Crippen LogP contribution in [-0.4, -0.2) is 56.2 Å². The molecule has 0 saturated carbocycles. The molecule has 7 heteroatoms. The van der Waals surface area contributed by atoms with Gasteiger partial charge in [0.1, 0.15) is 6.04 Å². The van der Waals surface area contributed by atoms with Gasteiger partial charge < -0.3 is 19.7 Å². The monoisotopic (exact) mass is 331 g/mol. The van der Waals surface area contributed by atoms with E-state index in [-0.39, 0.29) is 24.0 Å². The fraction of sp³-hybridized carbons (Fsp3) is 0.529. The zero-order valence-electron chi connectivity index (χ0n) is 13.9. The van der Waals surface area contributed by atoms with Crippen LogP contribution in [-0.2, 0) is 11.2 Å². The van der Waals surface area contributed by atoms with E-state index < -0.39 is 0 Å². The van der Waals surface area contributed by atoms with Gasteiger partial charge in [-0.05, 0) is 30.9 Å². The molecule has 1 aromatic carbocycles. The van der Waals surface area contributed by atoms with Crippen LogP contribution < -0.4 is 19.7 Å². The second kappa shape index (κ2) is 5.58. The van der Waals surface area contributed by atoms with E-state index in [1.165, 1.54) is 0 Å². The summed E-state index contributed by atoms with van der Waals surface area (Å²) in [6, 6.07) is 3.47. The minimum absolute atomic E-state index is 0.0381. The molecular formula is C17H21N3O4. The Balaban J connectivity index is 1.66. The fourth-order valence-corrected chi connectivity index (χ4v) is 4.02. The minimum atomic E-state index is -0.333. The number of rotatable bonds is 2. The molecule has 3 aliphatic heterocycles. The Morgan fingerprint density at radius 3 is 2.71 bits per heavy atom. The summed E-state index contributed by atoms with van der Waals surface area (Å²) in [5.74, 6) is 1.24. The Morgan fingerprint density at radius 2 is 1.96 bits per heavy atom. The summed E-state index contributed by atoms with van der Waals surface area (Å²) in [5.41, 5.74) is 1.91. The van der Waals surface area contributed by atoms with E-state index in [1.807, 2.05) is 12.1 Å². The maximum absolute atomic E-state index is 13.1. The van der Waals surface area contributed by atoms with E-state index in [2.05, 4.69) is 5.32 Å². The number of carbonyl (C=O) groups excluding carboxylic acids is 2. The number of anilines is 1. The van der Waals surface area contributed by atoms with Gasteiger partial charge in [0.2, 0.25) is 5.91 Å².